The van der Waals surface area contributed by atoms with Crippen LogP contribution >= 0.6 is 0 Å². The second-order valence-corrected chi connectivity index (χ2v) is 4.26. The first-order valence-corrected chi connectivity index (χ1v) is 5.83. The van der Waals surface area contributed by atoms with Gasteiger partial charge in [-0.15, -0.1) is 0 Å². The highest BCUT2D eigenvalue weighted by molar-refractivity contribution is 5.20. The van der Waals surface area contributed by atoms with E-state index < -0.39 is 0 Å². The summed E-state index contributed by atoms with van der Waals surface area (Å²) in [5.74, 6) is 0. The number of hydrogen-bond donors (Lipinski definition) is 0. The second kappa shape index (κ2) is 7.05. The van der Waals surface area contributed by atoms with Crippen LogP contribution in [0.25, 0.3) is 0 Å². The van der Waals surface area contributed by atoms with Gasteiger partial charge in [0.25, 0.3) is 0 Å². The van der Waals surface area contributed by atoms with E-state index in [-0.39, 0.29) is 6.04 Å². The SMILES string of the molecule is COCC(C)N(C)C(CC#N)c1ccccc1. The molecule has 2 atom stereocenters. The van der Waals surface area contributed by atoms with Crippen LogP contribution in [0.5, 0.6) is 0 Å². The summed E-state index contributed by atoms with van der Waals surface area (Å²) in [6.45, 7) is 2.78. The number of rotatable bonds is 6. The molecule has 0 radical (unpaired) electrons. The molecule has 92 valence electrons. The van der Waals surface area contributed by atoms with E-state index in [1.165, 1.54) is 5.56 Å². The largest absolute Gasteiger partial charge is 0.383 e. The van der Waals surface area contributed by atoms with Crippen LogP contribution in [0.2, 0.25) is 0 Å². The van der Waals surface area contributed by atoms with Crippen molar-refractivity contribution in [3.05, 3.63) is 35.9 Å². The van der Waals surface area contributed by atoms with Crippen LogP contribution in [0.15, 0.2) is 30.3 Å². The van der Waals surface area contributed by atoms with Crippen LogP contribution in [0.1, 0.15) is 24.9 Å². The quantitative estimate of drug-likeness (QED) is 0.756. The Labute approximate surface area is 104 Å². The minimum atomic E-state index is 0.131. The lowest BCUT2D eigenvalue weighted by molar-refractivity contribution is 0.0899. The Morgan fingerprint density at radius 2 is 2.00 bits per heavy atom. The average Bonchev–Trinajstić information content (AvgIpc) is 2.36. The maximum Gasteiger partial charge on any atom is 0.0641 e. The maximum atomic E-state index is 8.95. The molecule has 0 spiro atoms. The summed E-state index contributed by atoms with van der Waals surface area (Å²) < 4.78 is 5.16. The van der Waals surface area contributed by atoms with Gasteiger partial charge in [-0.3, -0.25) is 4.90 Å². The van der Waals surface area contributed by atoms with E-state index in [9.17, 15) is 0 Å². The fourth-order valence-electron chi connectivity index (χ4n) is 1.92. The van der Waals surface area contributed by atoms with Gasteiger partial charge in [0.1, 0.15) is 0 Å². The van der Waals surface area contributed by atoms with Gasteiger partial charge in [-0.25, -0.2) is 0 Å². The van der Waals surface area contributed by atoms with Crippen molar-refractivity contribution < 1.29 is 4.74 Å². The molecule has 1 aromatic rings. The Morgan fingerprint density at radius 3 is 2.53 bits per heavy atom. The van der Waals surface area contributed by atoms with Crippen LogP contribution in [0, 0.1) is 11.3 Å². The predicted octanol–water partition coefficient (Wildman–Crippen LogP) is 2.61. The van der Waals surface area contributed by atoms with Crippen molar-refractivity contribution in [2.45, 2.75) is 25.4 Å². The van der Waals surface area contributed by atoms with Gasteiger partial charge in [0, 0.05) is 19.2 Å². The molecule has 3 nitrogen and oxygen atoms in total. The zero-order chi connectivity index (χ0) is 12.7. The van der Waals surface area contributed by atoms with E-state index >= 15 is 0 Å². The number of nitriles is 1. The molecule has 1 rings (SSSR count). The Morgan fingerprint density at radius 1 is 1.35 bits per heavy atom. The summed E-state index contributed by atoms with van der Waals surface area (Å²) >= 11 is 0. The summed E-state index contributed by atoms with van der Waals surface area (Å²) in [5.41, 5.74) is 1.18. The van der Waals surface area contributed by atoms with Gasteiger partial charge in [0.2, 0.25) is 0 Å². The molecule has 0 aliphatic carbocycles. The van der Waals surface area contributed by atoms with Crippen LogP contribution in [0.4, 0.5) is 0 Å². The molecule has 0 heterocycles. The minimum Gasteiger partial charge on any atom is -0.383 e. The monoisotopic (exact) mass is 232 g/mol. The van der Waals surface area contributed by atoms with Gasteiger partial charge in [-0.1, -0.05) is 30.3 Å². The Kier molecular flexibility index (Phi) is 5.68. The predicted molar refractivity (Wildman–Crippen MR) is 68.5 cm³/mol. The lowest BCUT2D eigenvalue weighted by atomic mass is 10.0. The molecule has 0 saturated heterocycles. The summed E-state index contributed by atoms with van der Waals surface area (Å²) in [4.78, 5) is 2.20. The fourth-order valence-corrected chi connectivity index (χ4v) is 1.92. The summed E-state index contributed by atoms with van der Waals surface area (Å²) in [6.07, 6.45) is 0.495. The van der Waals surface area contributed by atoms with Gasteiger partial charge in [-0.05, 0) is 19.5 Å². The van der Waals surface area contributed by atoms with E-state index in [0.29, 0.717) is 19.1 Å². The van der Waals surface area contributed by atoms with Crippen LogP contribution < -0.4 is 0 Å². The molecule has 2 unspecified atom stereocenters. The number of methoxy groups -OCH3 is 1. The van der Waals surface area contributed by atoms with Gasteiger partial charge < -0.3 is 4.74 Å². The van der Waals surface area contributed by atoms with E-state index in [1.807, 2.05) is 25.2 Å². The number of benzene rings is 1. The Hall–Kier alpha value is -1.37. The molecule has 17 heavy (non-hydrogen) atoms. The standard InChI is InChI=1S/C14H20N2O/c1-12(11-17-3)16(2)14(9-10-15)13-7-5-4-6-8-13/h4-8,12,14H,9,11H2,1-3H3. The number of ether oxygens (including phenoxy) is 1. The number of hydrogen-bond acceptors (Lipinski definition) is 3. The molecule has 1 aromatic carbocycles. The molecular weight excluding hydrogens is 212 g/mol. The van der Waals surface area contributed by atoms with Gasteiger partial charge in [0.05, 0.1) is 19.1 Å². The molecule has 0 saturated carbocycles. The first-order chi connectivity index (χ1) is 8.20. The highest BCUT2D eigenvalue weighted by atomic mass is 16.5. The van der Waals surface area contributed by atoms with E-state index in [0.717, 1.165) is 0 Å². The van der Waals surface area contributed by atoms with Crippen molar-refractivity contribution in [2.24, 2.45) is 0 Å². The van der Waals surface area contributed by atoms with Gasteiger partial charge in [-0.2, -0.15) is 5.26 Å². The minimum absolute atomic E-state index is 0.131. The van der Waals surface area contributed by atoms with Crippen molar-refractivity contribution in [2.75, 3.05) is 20.8 Å². The molecule has 0 N–H and O–H groups in total. The fraction of sp³-hybridized carbons (Fsp3) is 0.500. The van der Waals surface area contributed by atoms with Crippen LogP contribution in [-0.4, -0.2) is 31.7 Å². The topological polar surface area (TPSA) is 36.3 Å². The lowest BCUT2D eigenvalue weighted by Crippen LogP contribution is -2.36. The van der Waals surface area contributed by atoms with Gasteiger partial charge in [0.15, 0.2) is 0 Å². The highest BCUT2D eigenvalue weighted by Crippen LogP contribution is 2.24. The summed E-state index contributed by atoms with van der Waals surface area (Å²) in [6, 6.07) is 12.8. The van der Waals surface area contributed by atoms with Crippen molar-refractivity contribution in [1.82, 2.24) is 4.90 Å². The average molecular weight is 232 g/mol. The van der Waals surface area contributed by atoms with Gasteiger partial charge >= 0.3 is 0 Å². The van der Waals surface area contributed by atoms with Crippen molar-refractivity contribution in [1.29, 1.82) is 5.26 Å². The molecular formula is C14H20N2O. The third-order valence-electron chi connectivity index (χ3n) is 3.06. The van der Waals surface area contributed by atoms with E-state index in [1.54, 1.807) is 7.11 Å². The Bertz CT molecular complexity index is 358. The second-order valence-electron chi connectivity index (χ2n) is 4.26. The van der Waals surface area contributed by atoms with Crippen LogP contribution in [0.3, 0.4) is 0 Å². The Balaban J connectivity index is 2.83. The first kappa shape index (κ1) is 13.7. The molecule has 0 bridgehead atoms. The third kappa shape index (κ3) is 3.85. The van der Waals surface area contributed by atoms with E-state index in [4.69, 9.17) is 10.00 Å². The number of likely N-dealkylation sites (N-methyl/N-ethyl adjacent to an activating group) is 1. The zero-order valence-corrected chi connectivity index (χ0v) is 10.8. The van der Waals surface area contributed by atoms with Crippen LogP contribution in [-0.2, 0) is 4.74 Å². The number of nitrogens with zero attached hydrogens (tertiary/aromatic N) is 2. The molecule has 0 aliphatic rings. The molecule has 0 amide bonds. The first-order valence-electron chi connectivity index (χ1n) is 5.83. The highest BCUT2D eigenvalue weighted by Gasteiger charge is 2.20. The van der Waals surface area contributed by atoms with Crippen molar-refractivity contribution >= 4 is 0 Å². The molecule has 0 aliphatic heterocycles. The lowest BCUT2D eigenvalue weighted by Gasteiger charge is -2.31. The zero-order valence-electron chi connectivity index (χ0n) is 10.8. The molecule has 0 aromatic heterocycles. The van der Waals surface area contributed by atoms with Crippen molar-refractivity contribution in [3.63, 3.8) is 0 Å². The van der Waals surface area contributed by atoms with E-state index in [2.05, 4.69) is 30.0 Å². The normalized spacial score (nSPS) is 14.3. The smallest absolute Gasteiger partial charge is 0.0641 e. The summed E-state index contributed by atoms with van der Waals surface area (Å²) in [7, 11) is 3.74. The summed E-state index contributed by atoms with van der Waals surface area (Å²) in [5, 5.41) is 8.95. The third-order valence-corrected chi connectivity index (χ3v) is 3.06. The molecule has 3 heteroatoms. The maximum absolute atomic E-state index is 8.95. The van der Waals surface area contributed by atoms with Crippen molar-refractivity contribution in [3.8, 4) is 6.07 Å². The molecule has 0 fully saturated rings.